The van der Waals surface area contributed by atoms with Crippen LogP contribution >= 0.6 is 23.1 Å². The highest BCUT2D eigenvalue weighted by Gasteiger charge is 2.16. The predicted molar refractivity (Wildman–Crippen MR) is 116 cm³/mol. The summed E-state index contributed by atoms with van der Waals surface area (Å²) in [5, 5.41) is 4.95. The number of carbonyl (C=O) groups is 2. The monoisotopic (exact) mass is 463 g/mol. The molecule has 0 atom stereocenters. The lowest BCUT2D eigenvalue weighted by Gasteiger charge is -2.06. The lowest BCUT2D eigenvalue weighted by atomic mass is 10.1. The first-order valence-corrected chi connectivity index (χ1v) is 10.8. The summed E-state index contributed by atoms with van der Waals surface area (Å²) < 4.78 is 23.7. The minimum absolute atomic E-state index is 0.00358. The molecule has 0 aliphatic carbocycles. The van der Waals surface area contributed by atoms with Crippen molar-refractivity contribution in [3.8, 4) is 17.0 Å². The maximum absolute atomic E-state index is 13.6. The van der Waals surface area contributed by atoms with E-state index in [1.165, 1.54) is 42.8 Å². The Hall–Kier alpha value is -3.25. The molecule has 0 aliphatic rings. The number of nitrogens with two attached hydrogens (primary N) is 1. The van der Waals surface area contributed by atoms with Crippen molar-refractivity contribution in [1.29, 1.82) is 0 Å². The molecular formula is C19H18FN5O4S2. The van der Waals surface area contributed by atoms with Crippen LogP contribution in [0.4, 0.5) is 15.3 Å². The smallest absolute Gasteiger partial charge is 0.343 e. The lowest BCUT2D eigenvalue weighted by Crippen LogP contribution is -2.15. The number of nitrogen functional groups attached to an aromatic ring is 1. The maximum atomic E-state index is 13.6. The van der Waals surface area contributed by atoms with Crippen molar-refractivity contribution in [2.24, 2.45) is 0 Å². The van der Waals surface area contributed by atoms with E-state index < -0.39 is 11.8 Å². The van der Waals surface area contributed by atoms with Gasteiger partial charge in [0, 0.05) is 17.1 Å². The zero-order chi connectivity index (χ0) is 22.4. The zero-order valence-electron chi connectivity index (χ0n) is 16.5. The number of thioether (sulfide) groups is 1. The van der Waals surface area contributed by atoms with Gasteiger partial charge in [-0.1, -0.05) is 11.8 Å². The molecule has 0 aliphatic heterocycles. The molecule has 1 amide bonds. The van der Waals surface area contributed by atoms with E-state index in [0.717, 1.165) is 11.8 Å². The Morgan fingerprint density at radius 1 is 1.32 bits per heavy atom. The van der Waals surface area contributed by atoms with E-state index >= 15 is 0 Å². The van der Waals surface area contributed by atoms with Crippen LogP contribution in [-0.2, 0) is 9.53 Å². The number of thiazole rings is 1. The van der Waals surface area contributed by atoms with Gasteiger partial charge in [0.2, 0.25) is 5.91 Å². The van der Waals surface area contributed by atoms with Gasteiger partial charge in [0.05, 0.1) is 25.2 Å². The molecule has 9 nitrogen and oxygen atoms in total. The number of hydrogen-bond acceptors (Lipinski definition) is 10. The second kappa shape index (κ2) is 10.2. The number of hydrogen-bond donors (Lipinski definition) is 2. The third kappa shape index (κ3) is 5.67. The molecule has 0 unspecified atom stereocenters. The van der Waals surface area contributed by atoms with E-state index in [9.17, 15) is 14.0 Å². The first kappa shape index (κ1) is 22.4. The fourth-order valence-electron chi connectivity index (χ4n) is 2.43. The molecule has 3 N–H and O–H groups in total. The highest BCUT2D eigenvalue weighted by Crippen LogP contribution is 2.32. The third-order valence-electron chi connectivity index (χ3n) is 3.81. The van der Waals surface area contributed by atoms with Crippen molar-refractivity contribution in [3.63, 3.8) is 0 Å². The summed E-state index contributed by atoms with van der Waals surface area (Å²) in [6.07, 6.45) is 1.26. The van der Waals surface area contributed by atoms with Crippen LogP contribution in [0.1, 0.15) is 17.3 Å². The van der Waals surface area contributed by atoms with Crippen LogP contribution in [0, 0.1) is 5.82 Å². The summed E-state index contributed by atoms with van der Waals surface area (Å²) >= 11 is 2.25. The van der Waals surface area contributed by atoms with Crippen LogP contribution < -0.4 is 15.8 Å². The van der Waals surface area contributed by atoms with E-state index in [1.54, 1.807) is 12.3 Å². The molecule has 0 saturated carbocycles. The average molecular weight is 464 g/mol. The van der Waals surface area contributed by atoms with Gasteiger partial charge in [-0.3, -0.25) is 4.79 Å². The Labute approximate surface area is 185 Å². The molecular weight excluding hydrogens is 445 g/mol. The molecule has 31 heavy (non-hydrogen) atoms. The molecule has 2 aromatic heterocycles. The Kier molecular flexibility index (Phi) is 7.36. The Balaban J connectivity index is 1.61. The van der Waals surface area contributed by atoms with Crippen molar-refractivity contribution in [3.05, 3.63) is 41.2 Å². The van der Waals surface area contributed by atoms with Crippen LogP contribution in [0.15, 0.2) is 34.9 Å². The number of carbonyl (C=O) groups excluding carboxylic acids is 2. The molecule has 1 aromatic carbocycles. The SMILES string of the molecule is CCOC(=O)c1cnc(SCC(=O)Nc2nc(-c3cc(F)ccc3OC)cs2)nc1N. The van der Waals surface area contributed by atoms with Gasteiger partial charge < -0.3 is 20.5 Å². The highest BCUT2D eigenvalue weighted by atomic mass is 32.2. The molecule has 3 rings (SSSR count). The number of nitrogens with one attached hydrogen (secondary N) is 1. The quantitative estimate of drug-likeness (QED) is 0.294. The second-order valence-corrected chi connectivity index (χ2v) is 7.69. The van der Waals surface area contributed by atoms with Gasteiger partial charge in [-0.05, 0) is 25.1 Å². The standard InChI is InChI=1S/C19H18FN5O4S2/c1-3-29-17(27)12-7-22-18(25-16(12)21)31-9-15(26)24-19-23-13(8-30-19)11-6-10(20)4-5-14(11)28-2/h4-8H,3,9H2,1-2H3,(H2,21,22,25)(H,23,24,26). The van der Waals surface area contributed by atoms with Gasteiger partial charge in [-0.25, -0.2) is 24.1 Å². The summed E-state index contributed by atoms with van der Waals surface area (Å²) in [6.45, 7) is 1.89. The normalized spacial score (nSPS) is 10.5. The molecule has 0 saturated heterocycles. The number of methoxy groups -OCH3 is 1. The minimum Gasteiger partial charge on any atom is -0.496 e. The maximum Gasteiger partial charge on any atom is 0.343 e. The number of ether oxygens (including phenoxy) is 2. The summed E-state index contributed by atoms with van der Waals surface area (Å²) in [6, 6.07) is 4.12. The van der Waals surface area contributed by atoms with Crippen molar-refractivity contribution in [2.45, 2.75) is 12.1 Å². The van der Waals surface area contributed by atoms with Crippen molar-refractivity contribution < 1.29 is 23.5 Å². The number of esters is 1. The van der Waals surface area contributed by atoms with Crippen LogP contribution in [0.2, 0.25) is 0 Å². The van der Waals surface area contributed by atoms with Gasteiger partial charge in [0.25, 0.3) is 0 Å². The first-order valence-electron chi connectivity index (χ1n) is 8.93. The van der Waals surface area contributed by atoms with Crippen LogP contribution in [-0.4, -0.2) is 46.3 Å². The van der Waals surface area contributed by atoms with Crippen molar-refractivity contribution in [1.82, 2.24) is 15.0 Å². The predicted octanol–water partition coefficient (Wildman–Crippen LogP) is 3.24. The van der Waals surface area contributed by atoms with Crippen molar-refractivity contribution in [2.75, 3.05) is 30.5 Å². The van der Waals surface area contributed by atoms with E-state index in [1.807, 2.05) is 0 Å². The molecule has 162 valence electrons. The van der Waals surface area contributed by atoms with Gasteiger partial charge in [-0.2, -0.15) is 0 Å². The van der Waals surface area contributed by atoms with E-state index in [4.69, 9.17) is 15.2 Å². The number of anilines is 2. The number of amides is 1. The third-order valence-corrected chi connectivity index (χ3v) is 5.43. The van der Waals surface area contributed by atoms with Gasteiger partial charge in [-0.15, -0.1) is 11.3 Å². The fourth-order valence-corrected chi connectivity index (χ4v) is 3.78. The number of nitrogens with zero attached hydrogens (tertiary/aromatic N) is 3. The Bertz CT molecular complexity index is 1110. The fraction of sp³-hybridized carbons (Fsp3) is 0.211. The second-order valence-electron chi connectivity index (χ2n) is 5.89. The van der Waals surface area contributed by atoms with Crippen LogP contribution in [0.25, 0.3) is 11.3 Å². The van der Waals surface area contributed by atoms with E-state index in [-0.39, 0.29) is 34.8 Å². The molecule has 0 bridgehead atoms. The largest absolute Gasteiger partial charge is 0.496 e. The van der Waals surface area contributed by atoms with Gasteiger partial charge in [0.1, 0.15) is 22.9 Å². The summed E-state index contributed by atoms with van der Waals surface area (Å²) in [5.41, 5.74) is 6.80. The van der Waals surface area contributed by atoms with Crippen molar-refractivity contribution >= 4 is 45.9 Å². The molecule has 0 radical (unpaired) electrons. The summed E-state index contributed by atoms with van der Waals surface area (Å²) in [4.78, 5) is 36.3. The molecule has 12 heteroatoms. The first-order chi connectivity index (χ1) is 14.9. The lowest BCUT2D eigenvalue weighted by molar-refractivity contribution is -0.113. The molecule has 0 spiro atoms. The number of benzene rings is 1. The Morgan fingerprint density at radius 2 is 2.13 bits per heavy atom. The van der Waals surface area contributed by atoms with Gasteiger partial charge in [0.15, 0.2) is 10.3 Å². The average Bonchev–Trinajstić information content (AvgIpc) is 3.20. The summed E-state index contributed by atoms with van der Waals surface area (Å²) in [5.74, 6) is -0.918. The number of halogens is 1. The van der Waals surface area contributed by atoms with Gasteiger partial charge >= 0.3 is 5.97 Å². The highest BCUT2D eigenvalue weighted by molar-refractivity contribution is 7.99. The minimum atomic E-state index is -0.608. The number of rotatable bonds is 8. The molecule has 3 aromatic rings. The van der Waals surface area contributed by atoms with Crippen LogP contribution in [0.3, 0.4) is 0 Å². The molecule has 0 fully saturated rings. The van der Waals surface area contributed by atoms with E-state index in [0.29, 0.717) is 22.1 Å². The topological polar surface area (TPSA) is 129 Å². The molecule has 2 heterocycles. The summed E-state index contributed by atoms with van der Waals surface area (Å²) in [7, 11) is 1.48. The Morgan fingerprint density at radius 3 is 2.84 bits per heavy atom. The zero-order valence-corrected chi connectivity index (χ0v) is 18.2. The van der Waals surface area contributed by atoms with E-state index in [2.05, 4.69) is 20.3 Å². The van der Waals surface area contributed by atoms with Crippen LogP contribution in [0.5, 0.6) is 5.75 Å². The number of aromatic nitrogens is 3.